The zero-order chi connectivity index (χ0) is 15.4. The molecule has 1 saturated heterocycles. The van der Waals surface area contributed by atoms with E-state index in [0.717, 1.165) is 42.8 Å². The van der Waals surface area contributed by atoms with Gasteiger partial charge < -0.3 is 5.32 Å². The van der Waals surface area contributed by atoms with Gasteiger partial charge in [-0.2, -0.15) is 5.26 Å². The molecule has 0 amide bonds. The number of halogens is 1. The smallest absolute Gasteiger partial charge is 0.123 e. The van der Waals surface area contributed by atoms with Crippen LogP contribution in [0.25, 0.3) is 11.3 Å². The Balaban J connectivity index is 1.98. The van der Waals surface area contributed by atoms with Crippen molar-refractivity contribution >= 4 is 0 Å². The van der Waals surface area contributed by atoms with E-state index in [9.17, 15) is 9.65 Å². The monoisotopic (exact) mass is 295 g/mol. The number of hydrogen-bond donors (Lipinski definition) is 1. The highest BCUT2D eigenvalue weighted by Gasteiger charge is 2.19. The second-order valence-electron chi connectivity index (χ2n) is 5.60. The average Bonchev–Trinajstić information content (AvgIpc) is 2.84. The molecule has 0 aliphatic carbocycles. The zero-order valence-corrected chi connectivity index (χ0v) is 12.3. The molecule has 0 spiro atoms. The molecule has 1 unspecified atom stereocenters. The van der Waals surface area contributed by atoms with Gasteiger partial charge in [-0.05, 0) is 55.8 Å². The van der Waals surface area contributed by atoms with Crippen molar-refractivity contribution < 1.29 is 4.39 Å². The number of nitrogens with zero attached hydrogens (tertiary/aromatic N) is 2. The van der Waals surface area contributed by atoms with Crippen LogP contribution < -0.4 is 5.32 Å². The molecule has 22 heavy (non-hydrogen) atoms. The second-order valence-corrected chi connectivity index (χ2v) is 5.60. The fraction of sp³-hybridized carbons (Fsp3) is 0.333. The van der Waals surface area contributed by atoms with Crippen LogP contribution in [0.5, 0.6) is 0 Å². The van der Waals surface area contributed by atoms with E-state index in [1.165, 1.54) is 18.6 Å². The summed E-state index contributed by atoms with van der Waals surface area (Å²) in [6.45, 7) is 0.956. The summed E-state index contributed by atoms with van der Waals surface area (Å²) in [7, 11) is 0. The number of benzene rings is 1. The van der Waals surface area contributed by atoms with Crippen LogP contribution in [0.3, 0.4) is 0 Å². The Bertz CT molecular complexity index is 680. The van der Waals surface area contributed by atoms with E-state index in [0.29, 0.717) is 5.56 Å². The molecule has 4 heteroatoms. The molecule has 1 aromatic heterocycles. The lowest BCUT2D eigenvalue weighted by atomic mass is 10.0. The van der Waals surface area contributed by atoms with Crippen LogP contribution in [0.15, 0.2) is 36.4 Å². The summed E-state index contributed by atoms with van der Waals surface area (Å²) in [6.07, 6.45) is 4.51. The van der Waals surface area contributed by atoms with Crippen molar-refractivity contribution in [2.75, 3.05) is 6.54 Å². The summed E-state index contributed by atoms with van der Waals surface area (Å²) >= 11 is 0. The van der Waals surface area contributed by atoms with E-state index in [4.69, 9.17) is 4.98 Å². The third-order valence-electron chi connectivity index (χ3n) is 4.08. The lowest BCUT2D eigenvalue weighted by Crippen LogP contribution is -2.22. The topological polar surface area (TPSA) is 48.7 Å². The summed E-state index contributed by atoms with van der Waals surface area (Å²) in [6, 6.07) is 12.3. The Morgan fingerprint density at radius 3 is 2.68 bits per heavy atom. The standard InChI is InChI=1S/C18H18FN3/c19-15-8-5-13(6-9-15)16-10-7-14(12-20)18(22-16)17-4-2-1-3-11-21-17/h5-10,17,21H,1-4,11H2. The van der Waals surface area contributed by atoms with Crippen molar-refractivity contribution in [3.05, 3.63) is 53.5 Å². The maximum atomic E-state index is 13.1. The molecule has 0 saturated carbocycles. The number of nitrogens with one attached hydrogen (secondary N) is 1. The van der Waals surface area contributed by atoms with Crippen molar-refractivity contribution in [1.82, 2.24) is 10.3 Å². The summed E-state index contributed by atoms with van der Waals surface area (Å²) in [5, 5.41) is 12.8. The maximum Gasteiger partial charge on any atom is 0.123 e. The zero-order valence-electron chi connectivity index (χ0n) is 12.3. The lowest BCUT2D eigenvalue weighted by molar-refractivity contribution is 0.521. The van der Waals surface area contributed by atoms with Gasteiger partial charge in [0.25, 0.3) is 0 Å². The summed E-state index contributed by atoms with van der Waals surface area (Å²) < 4.78 is 13.1. The molecule has 3 nitrogen and oxygen atoms in total. The maximum absolute atomic E-state index is 13.1. The quantitative estimate of drug-likeness (QED) is 0.912. The van der Waals surface area contributed by atoms with Crippen LogP contribution >= 0.6 is 0 Å². The van der Waals surface area contributed by atoms with Gasteiger partial charge in [0.15, 0.2) is 0 Å². The van der Waals surface area contributed by atoms with Gasteiger partial charge >= 0.3 is 0 Å². The fourth-order valence-electron chi connectivity index (χ4n) is 2.88. The van der Waals surface area contributed by atoms with Crippen LogP contribution in [-0.4, -0.2) is 11.5 Å². The van der Waals surface area contributed by atoms with Gasteiger partial charge in [-0.1, -0.05) is 12.8 Å². The molecule has 1 aliphatic heterocycles. The molecule has 0 bridgehead atoms. The summed E-state index contributed by atoms with van der Waals surface area (Å²) in [5.41, 5.74) is 3.07. The van der Waals surface area contributed by atoms with E-state index < -0.39 is 0 Å². The van der Waals surface area contributed by atoms with Crippen molar-refractivity contribution in [3.8, 4) is 17.3 Å². The number of hydrogen-bond acceptors (Lipinski definition) is 3. The molecule has 1 N–H and O–H groups in total. The Kier molecular flexibility index (Phi) is 4.45. The summed E-state index contributed by atoms with van der Waals surface area (Å²) in [4.78, 5) is 4.70. The van der Waals surface area contributed by atoms with E-state index in [-0.39, 0.29) is 11.9 Å². The Morgan fingerprint density at radius 2 is 1.91 bits per heavy atom. The van der Waals surface area contributed by atoms with Crippen molar-refractivity contribution in [3.63, 3.8) is 0 Å². The fourth-order valence-corrected chi connectivity index (χ4v) is 2.88. The molecule has 1 fully saturated rings. The minimum atomic E-state index is -0.261. The predicted molar refractivity (Wildman–Crippen MR) is 83.6 cm³/mol. The number of aromatic nitrogens is 1. The highest BCUT2D eigenvalue weighted by Crippen LogP contribution is 2.27. The first kappa shape index (κ1) is 14.7. The number of nitriles is 1. The first-order chi connectivity index (χ1) is 10.8. The van der Waals surface area contributed by atoms with Gasteiger partial charge in [-0.25, -0.2) is 9.37 Å². The van der Waals surface area contributed by atoms with Crippen LogP contribution in [0.1, 0.15) is 43.0 Å². The third kappa shape index (κ3) is 3.15. The average molecular weight is 295 g/mol. The van der Waals surface area contributed by atoms with Gasteiger partial charge in [-0.3, -0.25) is 0 Å². The molecule has 2 heterocycles. The van der Waals surface area contributed by atoms with Crippen molar-refractivity contribution in [1.29, 1.82) is 5.26 Å². The van der Waals surface area contributed by atoms with Crippen molar-refractivity contribution in [2.24, 2.45) is 0 Å². The normalized spacial score (nSPS) is 18.5. The highest BCUT2D eigenvalue weighted by molar-refractivity contribution is 5.60. The second kappa shape index (κ2) is 6.67. The minimum Gasteiger partial charge on any atom is -0.309 e. The van der Waals surface area contributed by atoms with Gasteiger partial charge in [0.2, 0.25) is 0 Å². The van der Waals surface area contributed by atoms with Gasteiger partial charge in [0, 0.05) is 5.56 Å². The van der Waals surface area contributed by atoms with Gasteiger partial charge in [0.1, 0.15) is 11.9 Å². The predicted octanol–water partition coefficient (Wildman–Crippen LogP) is 3.96. The molecule has 3 rings (SSSR count). The van der Waals surface area contributed by atoms with Gasteiger partial charge in [0.05, 0.1) is 23.0 Å². The first-order valence-corrected chi connectivity index (χ1v) is 7.68. The van der Waals surface area contributed by atoms with Crippen LogP contribution in [0.2, 0.25) is 0 Å². The Labute approximate surface area is 129 Å². The number of rotatable bonds is 2. The SMILES string of the molecule is N#Cc1ccc(-c2ccc(F)cc2)nc1C1CCCCCN1. The van der Waals surface area contributed by atoms with Crippen LogP contribution in [0.4, 0.5) is 4.39 Å². The van der Waals surface area contributed by atoms with E-state index in [1.807, 2.05) is 12.1 Å². The molecule has 1 aromatic carbocycles. The Hall–Kier alpha value is -2.25. The summed E-state index contributed by atoms with van der Waals surface area (Å²) in [5.74, 6) is -0.261. The van der Waals surface area contributed by atoms with Crippen molar-refractivity contribution in [2.45, 2.75) is 31.7 Å². The third-order valence-corrected chi connectivity index (χ3v) is 4.08. The Morgan fingerprint density at radius 1 is 1.09 bits per heavy atom. The molecular formula is C18H18FN3. The lowest BCUT2D eigenvalue weighted by Gasteiger charge is -2.17. The minimum absolute atomic E-state index is 0.123. The molecule has 1 atom stereocenters. The van der Waals surface area contributed by atoms with E-state index in [1.54, 1.807) is 12.1 Å². The van der Waals surface area contributed by atoms with E-state index >= 15 is 0 Å². The van der Waals surface area contributed by atoms with Crippen LogP contribution in [-0.2, 0) is 0 Å². The molecule has 0 radical (unpaired) electrons. The largest absolute Gasteiger partial charge is 0.309 e. The molecule has 2 aromatic rings. The van der Waals surface area contributed by atoms with Crippen LogP contribution in [0, 0.1) is 17.1 Å². The first-order valence-electron chi connectivity index (χ1n) is 7.68. The highest BCUT2D eigenvalue weighted by atomic mass is 19.1. The van der Waals surface area contributed by atoms with Gasteiger partial charge in [-0.15, -0.1) is 0 Å². The number of pyridine rings is 1. The van der Waals surface area contributed by atoms with E-state index in [2.05, 4.69) is 11.4 Å². The molecular weight excluding hydrogens is 277 g/mol. The molecule has 112 valence electrons. The molecule has 1 aliphatic rings.